The number of carbonyl (C=O) groups excluding carboxylic acids is 1. The lowest BCUT2D eigenvalue weighted by molar-refractivity contribution is 0.0981. The maximum atomic E-state index is 11.3. The molecule has 74 valence electrons. The molecule has 0 saturated heterocycles. The summed E-state index contributed by atoms with van der Waals surface area (Å²) in [5.41, 5.74) is 1.56. The molecular weight excluding hydrogens is 204 g/mol. The van der Waals surface area contributed by atoms with Crippen LogP contribution >= 0.6 is 0 Å². The fourth-order valence-electron chi connectivity index (χ4n) is 1.29. The zero-order valence-electron chi connectivity index (χ0n) is 7.37. The van der Waals surface area contributed by atoms with Crippen LogP contribution in [0.25, 0.3) is 0 Å². The van der Waals surface area contributed by atoms with E-state index < -0.39 is 16.1 Å². The first kappa shape index (κ1) is 9.01. The number of nitrogens with one attached hydrogen (secondary N) is 2. The number of anilines is 1. The Bertz CT molecular complexity index is 507. The van der Waals surface area contributed by atoms with Crippen molar-refractivity contribution in [2.45, 2.75) is 6.92 Å². The smallest absolute Gasteiger partial charge is 0.268 e. The molecule has 0 saturated carbocycles. The number of aryl methyl sites for hydroxylation is 1. The summed E-state index contributed by atoms with van der Waals surface area (Å²) in [4.78, 5) is 11.3. The molecule has 5 nitrogen and oxygen atoms in total. The van der Waals surface area contributed by atoms with Crippen LogP contribution in [0, 0.1) is 6.92 Å². The maximum Gasteiger partial charge on any atom is 0.323 e. The van der Waals surface area contributed by atoms with Gasteiger partial charge in [0, 0.05) is 0 Å². The van der Waals surface area contributed by atoms with E-state index >= 15 is 0 Å². The topological polar surface area (TPSA) is 75.3 Å². The van der Waals surface area contributed by atoms with Gasteiger partial charge in [0.05, 0.1) is 11.3 Å². The van der Waals surface area contributed by atoms with Crippen molar-refractivity contribution in [2.75, 3.05) is 4.72 Å². The lowest BCUT2D eigenvalue weighted by atomic mass is 10.1. The Kier molecular flexibility index (Phi) is 1.75. The molecule has 2 N–H and O–H groups in total. The first-order chi connectivity index (χ1) is 6.48. The van der Waals surface area contributed by atoms with Crippen molar-refractivity contribution in [3.63, 3.8) is 0 Å². The van der Waals surface area contributed by atoms with Crippen LogP contribution in [0.3, 0.4) is 0 Å². The fraction of sp³-hybridized carbons (Fsp3) is 0.125. The number of rotatable bonds is 0. The summed E-state index contributed by atoms with van der Waals surface area (Å²) >= 11 is 0. The molecule has 0 unspecified atom stereocenters. The second kappa shape index (κ2) is 2.71. The predicted octanol–water partition coefficient (Wildman–Crippen LogP) is 0.395. The highest BCUT2D eigenvalue weighted by atomic mass is 32.2. The molecule has 0 fully saturated rings. The third-order valence-corrected chi connectivity index (χ3v) is 2.83. The van der Waals surface area contributed by atoms with E-state index in [4.69, 9.17) is 0 Å². The van der Waals surface area contributed by atoms with Gasteiger partial charge in [-0.2, -0.15) is 8.42 Å². The number of benzene rings is 1. The third-order valence-electron chi connectivity index (χ3n) is 1.89. The number of hydrogen-bond donors (Lipinski definition) is 2. The zero-order chi connectivity index (χ0) is 10.3. The summed E-state index contributed by atoms with van der Waals surface area (Å²) in [7, 11) is -3.71. The van der Waals surface area contributed by atoms with Gasteiger partial charge in [0.2, 0.25) is 0 Å². The van der Waals surface area contributed by atoms with Gasteiger partial charge >= 0.3 is 10.2 Å². The van der Waals surface area contributed by atoms with E-state index in [0.29, 0.717) is 11.3 Å². The van der Waals surface area contributed by atoms with Gasteiger partial charge < -0.3 is 0 Å². The molecule has 1 heterocycles. The molecule has 1 amide bonds. The Morgan fingerprint density at radius 1 is 1.21 bits per heavy atom. The largest absolute Gasteiger partial charge is 0.323 e. The summed E-state index contributed by atoms with van der Waals surface area (Å²) in [5, 5.41) is 0. The van der Waals surface area contributed by atoms with Gasteiger partial charge in [0.25, 0.3) is 5.91 Å². The number of amides is 1. The molecule has 0 radical (unpaired) electrons. The van der Waals surface area contributed by atoms with Crippen LogP contribution in [-0.4, -0.2) is 14.3 Å². The van der Waals surface area contributed by atoms with Gasteiger partial charge in [0.15, 0.2) is 0 Å². The van der Waals surface area contributed by atoms with E-state index in [2.05, 4.69) is 4.72 Å². The van der Waals surface area contributed by atoms with E-state index in [1.165, 1.54) is 0 Å². The minimum absolute atomic E-state index is 0.328. The second-order valence-corrected chi connectivity index (χ2v) is 4.50. The summed E-state index contributed by atoms with van der Waals surface area (Å²) in [6, 6.07) is 4.95. The zero-order valence-corrected chi connectivity index (χ0v) is 8.18. The molecule has 0 aliphatic carbocycles. The average Bonchev–Trinajstić information content (AvgIpc) is 2.00. The van der Waals surface area contributed by atoms with Crippen molar-refractivity contribution >= 4 is 21.8 Å². The standard InChI is InChI=1S/C8H8N2O3S/c1-5-2-3-6-7(4-5)9-14(12,13)10-8(6)11/h2-4,9H,1H3,(H,10,11). The van der Waals surface area contributed by atoms with Crippen molar-refractivity contribution in [1.29, 1.82) is 0 Å². The van der Waals surface area contributed by atoms with Gasteiger partial charge in [-0.05, 0) is 24.6 Å². The van der Waals surface area contributed by atoms with Crippen molar-refractivity contribution in [1.82, 2.24) is 4.72 Å². The molecule has 0 aromatic heterocycles. The van der Waals surface area contributed by atoms with Crippen molar-refractivity contribution < 1.29 is 13.2 Å². The number of fused-ring (bicyclic) bond motifs is 1. The maximum absolute atomic E-state index is 11.3. The molecule has 2 rings (SSSR count). The highest BCUT2D eigenvalue weighted by Crippen LogP contribution is 2.21. The minimum Gasteiger partial charge on any atom is -0.268 e. The van der Waals surface area contributed by atoms with E-state index in [-0.39, 0.29) is 0 Å². The SMILES string of the molecule is Cc1ccc2c(c1)NS(=O)(=O)NC2=O. The van der Waals surface area contributed by atoms with Crippen LogP contribution in [0.4, 0.5) is 5.69 Å². The van der Waals surface area contributed by atoms with Crippen LogP contribution in [0.2, 0.25) is 0 Å². The summed E-state index contributed by atoms with van der Waals surface area (Å²) < 4.78 is 26.3. The van der Waals surface area contributed by atoms with Gasteiger partial charge in [-0.25, -0.2) is 4.72 Å². The Morgan fingerprint density at radius 3 is 2.64 bits per heavy atom. The molecule has 0 atom stereocenters. The van der Waals surface area contributed by atoms with Crippen LogP contribution < -0.4 is 9.44 Å². The number of hydrogen-bond acceptors (Lipinski definition) is 3. The predicted molar refractivity (Wildman–Crippen MR) is 51.2 cm³/mol. The van der Waals surface area contributed by atoms with Crippen LogP contribution in [0.15, 0.2) is 18.2 Å². The quantitative estimate of drug-likeness (QED) is 0.653. The van der Waals surface area contributed by atoms with Crippen molar-refractivity contribution in [2.24, 2.45) is 0 Å². The fourth-order valence-corrected chi connectivity index (χ4v) is 2.15. The van der Waals surface area contributed by atoms with Gasteiger partial charge in [0.1, 0.15) is 0 Å². The van der Waals surface area contributed by atoms with Crippen LogP contribution in [0.5, 0.6) is 0 Å². The lowest BCUT2D eigenvalue weighted by Crippen LogP contribution is -2.40. The summed E-state index contributed by atoms with van der Waals surface area (Å²) in [6.45, 7) is 1.82. The van der Waals surface area contributed by atoms with Crippen molar-refractivity contribution in [3.05, 3.63) is 29.3 Å². The Hall–Kier alpha value is -1.56. The molecule has 6 heteroatoms. The van der Waals surface area contributed by atoms with Gasteiger partial charge in [-0.1, -0.05) is 6.07 Å². The van der Waals surface area contributed by atoms with Crippen molar-refractivity contribution in [3.8, 4) is 0 Å². The normalized spacial score (nSPS) is 17.9. The lowest BCUT2D eigenvalue weighted by Gasteiger charge is -2.18. The first-order valence-electron chi connectivity index (χ1n) is 3.93. The Morgan fingerprint density at radius 2 is 1.93 bits per heavy atom. The highest BCUT2D eigenvalue weighted by Gasteiger charge is 2.25. The number of carbonyl (C=O) groups is 1. The monoisotopic (exact) mass is 212 g/mol. The van der Waals surface area contributed by atoms with Gasteiger partial charge in [-0.15, -0.1) is 0 Å². The second-order valence-electron chi connectivity index (χ2n) is 3.09. The molecule has 0 spiro atoms. The average molecular weight is 212 g/mol. The highest BCUT2D eigenvalue weighted by molar-refractivity contribution is 7.91. The van der Waals surface area contributed by atoms with E-state index in [0.717, 1.165) is 5.56 Å². The van der Waals surface area contributed by atoms with E-state index in [1.54, 1.807) is 18.2 Å². The molecule has 1 aliphatic rings. The summed E-state index contributed by atoms with van der Waals surface area (Å²) in [6.07, 6.45) is 0. The minimum atomic E-state index is -3.71. The van der Waals surface area contributed by atoms with E-state index in [9.17, 15) is 13.2 Å². The van der Waals surface area contributed by atoms with Crippen LogP contribution in [-0.2, 0) is 10.2 Å². The molecular formula is C8H8N2O3S. The van der Waals surface area contributed by atoms with E-state index in [1.807, 2.05) is 11.6 Å². The molecule has 1 aromatic rings. The molecule has 1 aliphatic heterocycles. The van der Waals surface area contributed by atoms with Crippen LogP contribution in [0.1, 0.15) is 15.9 Å². The third kappa shape index (κ3) is 1.44. The molecule has 14 heavy (non-hydrogen) atoms. The van der Waals surface area contributed by atoms with Gasteiger partial charge in [-0.3, -0.25) is 9.52 Å². The molecule has 1 aromatic carbocycles. The first-order valence-corrected chi connectivity index (χ1v) is 5.42. The summed E-state index contributed by atoms with van der Waals surface area (Å²) in [5.74, 6) is -0.598. The Balaban J connectivity index is 2.62. The molecule has 0 bridgehead atoms. The Labute approximate surface area is 81.3 Å².